The summed E-state index contributed by atoms with van der Waals surface area (Å²) in [7, 11) is 1.64. The van der Waals surface area contributed by atoms with Crippen molar-refractivity contribution in [2.24, 2.45) is 24.8 Å². The molecule has 8 heteroatoms. The first-order valence-corrected chi connectivity index (χ1v) is 12.0. The monoisotopic (exact) mass is 442 g/mol. The van der Waals surface area contributed by atoms with E-state index in [1.807, 2.05) is 11.6 Å². The first-order chi connectivity index (χ1) is 15.0. The van der Waals surface area contributed by atoms with Gasteiger partial charge in [-0.3, -0.25) is 14.4 Å². The summed E-state index contributed by atoms with van der Waals surface area (Å²) in [5.41, 5.74) is 0.368. The van der Waals surface area contributed by atoms with Crippen LogP contribution in [0.1, 0.15) is 66.4 Å². The fourth-order valence-corrected chi connectivity index (χ4v) is 5.28. The third kappa shape index (κ3) is 5.23. The van der Waals surface area contributed by atoms with E-state index in [4.69, 9.17) is 0 Å². The molecule has 2 aromatic heterocycles. The highest BCUT2D eigenvalue weighted by Gasteiger charge is 2.34. The summed E-state index contributed by atoms with van der Waals surface area (Å²) in [4.78, 5) is 41.0. The maximum atomic E-state index is 12.6. The van der Waals surface area contributed by atoms with Gasteiger partial charge in [-0.2, -0.15) is 0 Å². The van der Waals surface area contributed by atoms with E-state index >= 15 is 0 Å². The average molecular weight is 443 g/mol. The summed E-state index contributed by atoms with van der Waals surface area (Å²) in [6.45, 7) is 0.630. The second kappa shape index (κ2) is 9.77. The van der Waals surface area contributed by atoms with Crippen LogP contribution in [-0.2, 0) is 11.8 Å². The zero-order valence-corrected chi connectivity index (χ0v) is 18.7. The standard InChI is InChI=1S/C23H30N4O3S/c1-27-14-18(9-10-19(27)28)21(29)25-13-15-5-7-16(8-6-15)20(23-24-11-12-31-23)26-22(30)17-3-2-4-17/h9-12,14-17,20H,2-8,13H2,1H3,(H,25,29)(H,26,30). The number of hydrogen-bond donors (Lipinski definition) is 2. The lowest BCUT2D eigenvalue weighted by molar-refractivity contribution is -0.128. The first-order valence-electron chi connectivity index (χ1n) is 11.2. The number of pyridine rings is 1. The van der Waals surface area contributed by atoms with Crippen molar-refractivity contribution < 1.29 is 9.59 Å². The number of carbonyl (C=O) groups excluding carboxylic acids is 2. The Kier molecular flexibility index (Phi) is 6.85. The van der Waals surface area contributed by atoms with Crippen LogP contribution in [0.5, 0.6) is 0 Å². The summed E-state index contributed by atoms with van der Waals surface area (Å²) in [5.74, 6) is 1.01. The van der Waals surface area contributed by atoms with Crippen LogP contribution in [0.3, 0.4) is 0 Å². The molecule has 0 saturated heterocycles. The van der Waals surface area contributed by atoms with Gasteiger partial charge in [0.1, 0.15) is 5.01 Å². The number of amides is 2. The molecule has 0 aromatic carbocycles. The van der Waals surface area contributed by atoms with Crippen molar-refractivity contribution in [2.45, 2.75) is 51.0 Å². The lowest BCUT2D eigenvalue weighted by Crippen LogP contribution is -2.41. The maximum Gasteiger partial charge on any atom is 0.252 e. The van der Waals surface area contributed by atoms with Gasteiger partial charge in [-0.25, -0.2) is 4.98 Å². The highest BCUT2D eigenvalue weighted by Crippen LogP contribution is 2.38. The summed E-state index contributed by atoms with van der Waals surface area (Å²) in [5, 5.41) is 9.28. The quantitative estimate of drug-likeness (QED) is 0.689. The van der Waals surface area contributed by atoms with Gasteiger partial charge in [-0.05, 0) is 56.4 Å². The van der Waals surface area contributed by atoms with Gasteiger partial charge >= 0.3 is 0 Å². The van der Waals surface area contributed by atoms with Gasteiger partial charge in [0.15, 0.2) is 0 Å². The zero-order valence-electron chi connectivity index (χ0n) is 17.9. The van der Waals surface area contributed by atoms with Crippen molar-refractivity contribution in [2.75, 3.05) is 6.54 Å². The molecule has 2 aromatic rings. The van der Waals surface area contributed by atoms with Gasteiger partial charge in [0.05, 0.1) is 11.6 Å². The van der Waals surface area contributed by atoms with Crippen LogP contribution >= 0.6 is 11.3 Å². The third-order valence-corrected chi connectivity index (χ3v) is 7.61. The number of nitrogens with zero attached hydrogens (tertiary/aromatic N) is 2. The summed E-state index contributed by atoms with van der Waals surface area (Å²) in [6.07, 6.45) is 10.6. The predicted molar refractivity (Wildman–Crippen MR) is 120 cm³/mol. The van der Waals surface area contributed by atoms with E-state index in [1.54, 1.807) is 30.6 Å². The van der Waals surface area contributed by atoms with E-state index in [1.165, 1.54) is 10.6 Å². The molecule has 1 atom stereocenters. The molecule has 0 bridgehead atoms. The van der Waals surface area contributed by atoms with Gasteiger partial charge in [0.25, 0.3) is 5.91 Å². The molecule has 166 valence electrons. The fourth-order valence-electron chi connectivity index (χ4n) is 4.50. The van der Waals surface area contributed by atoms with Gasteiger partial charge in [-0.15, -0.1) is 11.3 Å². The maximum absolute atomic E-state index is 12.6. The fraction of sp³-hybridized carbons (Fsp3) is 0.565. The molecule has 2 N–H and O–H groups in total. The van der Waals surface area contributed by atoms with Gasteiger partial charge in [0, 0.05) is 43.4 Å². The van der Waals surface area contributed by atoms with Gasteiger partial charge < -0.3 is 15.2 Å². The number of carbonyl (C=O) groups is 2. The molecule has 0 spiro atoms. The van der Waals surface area contributed by atoms with E-state index in [-0.39, 0.29) is 29.3 Å². The molecule has 31 heavy (non-hydrogen) atoms. The number of nitrogens with one attached hydrogen (secondary N) is 2. The van der Waals surface area contributed by atoms with Crippen LogP contribution in [-0.4, -0.2) is 27.9 Å². The minimum Gasteiger partial charge on any atom is -0.352 e. The Hall–Kier alpha value is -2.48. The lowest BCUT2D eigenvalue weighted by atomic mass is 9.78. The summed E-state index contributed by atoms with van der Waals surface area (Å²) < 4.78 is 1.41. The van der Waals surface area contributed by atoms with Crippen LogP contribution in [0.4, 0.5) is 0 Å². The zero-order chi connectivity index (χ0) is 21.8. The van der Waals surface area contributed by atoms with E-state index in [2.05, 4.69) is 15.6 Å². The van der Waals surface area contributed by atoms with Crippen LogP contribution in [0.25, 0.3) is 0 Å². The number of aryl methyl sites for hydroxylation is 1. The first kappa shape index (κ1) is 21.7. The Balaban J connectivity index is 1.30. The Labute approximate surface area is 186 Å². The number of rotatable bonds is 7. The van der Waals surface area contributed by atoms with Crippen LogP contribution in [0, 0.1) is 17.8 Å². The molecule has 0 radical (unpaired) electrons. The van der Waals surface area contributed by atoms with Gasteiger partial charge in [-0.1, -0.05) is 6.42 Å². The SMILES string of the molecule is Cn1cc(C(=O)NCC2CCC(C(NC(=O)C3CCC3)c3nccs3)CC2)ccc1=O. The van der Waals surface area contributed by atoms with Crippen molar-refractivity contribution in [3.05, 3.63) is 50.8 Å². The summed E-state index contributed by atoms with van der Waals surface area (Å²) in [6, 6.07) is 2.98. The Morgan fingerprint density at radius 1 is 1.19 bits per heavy atom. The van der Waals surface area contributed by atoms with Crippen molar-refractivity contribution in [1.29, 1.82) is 0 Å². The molecule has 2 fully saturated rings. The molecule has 2 amide bonds. The molecule has 2 aliphatic rings. The van der Waals surface area contributed by atoms with Crippen LogP contribution < -0.4 is 16.2 Å². The smallest absolute Gasteiger partial charge is 0.252 e. The normalized spacial score (nSPS) is 22.4. The minimum atomic E-state index is -0.147. The highest BCUT2D eigenvalue weighted by atomic mass is 32.1. The molecule has 2 saturated carbocycles. The number of thiazole rings is 1. The molecule has 7 nitrogen and oxygen atoms in total. The van der Waals surface area contributed by atoms with Crippen molar-refractivity contribution in [1.82, 2.24) is 20.2 Å². The van der Waals surface area contributed by atoms with Crippen LogP contribution in [0.15, 0.2) is 34.7 Å². The molecule has 4 rings (SSSR count). The summed E-state index contributed by atoms with van der Waals surface area (Å²) >= 11 is 1.61. The van der Waals surface area contributed by atoms with E-state index < -0.39 is 0 Å². The van der Waals surface area contributed by atoms with E-state index in [0.717, 1.165) is 50.0 Å². The van der Waals surface area contributed by atoms with E-state index in [0.29, 0.717) is 23.9 Å². The Morgan fingerprint density at radius 2 is 1.97 bits per heavy atom. The van der Waals surface area contributed by atoms with Gasteiger partial charge in [0.2, 0.25) is 11.5 Å². The van der Waals surface area contributed by atoms with Crippen molar-refractivity contribution in [3.8, 4) is 0 Å². The minimum absolute atomic E-state index is 0.00533. The Morgan fingerprint density at radius 3 is 2.58 bits per heavy atom. The lowest BCUT2D eigenvalue weighted by Gasteiger charge is -2.35. The molecular formula is C23H30N4O3S. The molecular weight excluding hydrogens is 412 g/mol. The second-order valence-corrected chi connectivity index (χ2v) is 9.77. The van der Waals surface area contributed by atoms with Crippen molar-refractivity contribution >= 4 is 23.2 Å². The number of hydrogen-bond acceptors (Lipinski definition) is 5. The molecule has 2 heterocycles. The molecule has 0 aliphatic heterocycles. The molecule has 2 aliphatic carbocycles. The third-order valence-electron chi connectivity index (χ3n) is 6.75. The predicted octanol–water partition coefficient (Wildman–Crippen LogP) is 3.04. The second-order valence-electron chi connectivity index (χ2n) is 8.84. The topological polar surface area (TPSA) is 93.1 Å². The van der Waals surface area contributed by atoms with Crippen LogP contribution in [0.2, 0.25) is 0 Å². The number of aromatic nitrogens is 2. The van der Waals surface area contributed by atoms with E-state index in [9.17, 15) is 14.4 Å². The Bertz CT molecular complexity index is 959. The largest absolute Gasteiger partial charge is 0.352 e. The van der Waals surface area contributed by atoms with Crippen molar-refractivity contribution in [3.63, 3.8) is 0 Å². The highest BCUT2D eigenvalue weighted by molar-refractivity contribution is 7.09. The average Bonchev–Trinajstić information content (AvgIpc) is 3.26. The molecule has 1 unspecified atom stereocenters.